The molecular formula is C56H65IO16. The standard InChI is InChI=1S/C17H20O4.C13H12O2.C10H13IO4.C10H14O4.C6H6O2/c1-18-12-20-16-9-6-10-17(21-13-19-2)15(16)11-14-7-4-3-5-8-14;14-12-7-4-8-13(15)11(12)9-10-5-2-1-3-6-10;1-12-6-14-8-4-3-5-9(10(8)11)15-7-13-2;1-11-7-13-9-4-3-5-10(6-9)14-8-12-2;7-5-2-1-3-6(8)4-5/h3-10H,11-13H2,1-2H3;1-8,14-15H,9H2;3-5H,6-7H2,1-2H3;3-6H,7-8H2,1-2H3;1-4,7-8H. The van der Waals surface area contributed by atoms with E-state index in [-0.39, 0.29) is 63.8 Å². The van der Waals surface area contributed by atoms with E-state index in [0.717, 1.165) is 44.1 Å². The Hall–Kier alpha value is -6.97. The van der Waals surface area contributed by atoms with Crippen LogP contribution in [0.1, 0.15) is 22.3 Å². The number of halogens is 1. The van der Waals surface area contributed by atoms with Gasteiger partial charge >= 0.3 is 0 Å². The molecule has 0 aromatic heterocycles. The molecule has 7 rings (SSSR count). The zero-order valence-electron chi connectivity index (χ0n) is 41.8. The molecule has 0 spiro atoms. The Morgan fingerprint density at radius 1 is 0.329 bits per heavy atom. The molecule has 392 valence electrons. The van der Waals surface area contributed by atoms with E-state index in [4.69, 9.17) is 67.1 Å². The number of phenolic OH excluding ortho intramolecular Hbond substituents is 4. The maximum absolute atomic E-state index is 9.59. The quantitative estimate of drug-likeness (QED) is 0.0370. The maximum Gasteiger partial charge on any atom is 0.188 e. The lowest BCUT2D eigenvalue weighted by molar-refractivity contribution is 0.0445. The Morgan fingerprint density at radius 3 is 1.04 bits per heavy atom. The molecule has 0 bridgehead atoms. The van der Waals surface area contributed by atoms with E-state index >= 15 is 0 Å². The van der Waals surface area contributed by atoms with E-state index in [2.05, 4.69) is 34.7 Å². The van der Waals surface area contributed by atoms with Gasteiger partial charge in [0, 0.05) is 78.8 Å². The van der Waals surface area contributed by atoms with Gasteiger partial charge in [-0.25, -0.2) is 0 Å². The van der Waals surface area contributed by atoms with Crippen molar-refractivity contribution in [2.24, 2.45) is 0 Å². The predicted octanol–water partition coefficient (Wildman–Crippen LogP) is 10.9. The topological polar surface area (TPSA) is 192 Å². The molecule has 0 aliphatic heterocycles. The molecule has 0 saturated heterocycles. The molecule has 0 aliphatic rings. The molecule has 0 saturated carbocycles. The van der Waals surface area contributed by atoms with Crippen LogP contribution in [0.5, 0.6) is 57.5 Å². The molecule has 0 fully saturated rings. The molecule has 0 unspecified atom stereocenters. The average molecular weight is 1120 g/mol. The lowest BCUT2D eigenvalue weighted by Gasteiger charge is -2.15. The minimum atomic E-state index is 0.0880. The van der Waals surface area contributed by atoms with Crippen LogP contribution in [-0.2, 0) is 41.3 Å². The van der Waals surface area contributed by atoms with Crippen molar-refractivity contribution in [1.29, 1.82) is 0 Å². The van der Waals surface area contributed by atoms with Crippen LogP contribution in [0.3, 0.4) is 0 Å². The molecule has 7 aromatic rings. The van der Waals surface area contributed by atoms with Crippen molar-refractivity contribution in [2.45, 2.75) is 12.8 Å². The van der Waals surface area contributed by atoms with Crippen molar-refractivity contribution in [3.63, 3.8) is 0 Å². The summed E-state index contributed by atoms with van der Waals surface area (Å²) in [6.45, 7) is 1.32. The second-order valence-electron chi connectivity index (χ2n) is 14.7. The van der Waals surface area contributed by atoms with Crippen molar-refractivity contribution in [1.82, 2.24) is 0 Å². The van der Waals surface area contributed by atoms with E-state index in [9.17, 15) is 10.2 Å². The summed E-state index contributed by atoms with van der Waals surface area (Å²) in [6.07, 6.45) is 1.26. The first kappa shape index (κ1) is 60.3. The molecule has 17 heteroatoms. The number of phenols is 4. The van der Waals surface area contributed by atoms with Gasteiger partial charge in [-0.15, -0.1) is 0 Å². The molecule has 0 amide bonds. The smallest absolute Gasteiger partial charge is 0.188 e. The number of methoxy groups -OCH3 is 6. The molecule has 4 N–H and O–H groups in total. The Morgan fingerprint density at radius 2 is 0.658 bits per heavy atom. The van der Waals surface area contributed by atoms with Crippen molar-refractivity contribution < 1.29 is 77.3 Å². The van der Waals surface area contributed by atoms with Crippen molar-refractivity contribution in [3.8, 4) is 57.5 Å². The molecule has 0 radical (unpaired) electrons. The summed E-state index contributed by atoms with van der Waals surface area (Å²) in [6, 6.07) is 49.2. The van der Waals surface area contributed by atoms with Crippen molar-refractivity contribution >= 4 is 22.6 Å². The highest BCUT2D eigenvalue weighted by atomic mass is 127. The summed E-state index contributed by atoms with van der Waals surface area (Å²) in [5, 5.41) is 36.5. The summed E-state index contributed by atoms with van der Waals surface area (Å²) < 4.78 is 62.5. The van der Waals surface area contributed by atoms with Gasteiger partial charge in [0.15, 0.2) is 40.8 Å². The SMILES string of the molecule is COCOc1cccc(OCOC)c1.COCOc1cccc(OCOC)c1Cc1ccccc1.COCOc1cccc(OCOC)c1I.Oc1cccc(O)c1.Oc1cccc(O)c1Cc1ccccc1. The largest absolute Gasteiger partial charge is 0.508 e. The Balaban J connectivity index is 0.000000247. The van der Waals surface area contributed by atoms with Crippen LogP contribution in [0, 0.1) is 3.57 Å². The first-order valence-corrected chi connectivity index (χ1v) is 23.4. The highest BCUT2D eigenvalue weighted by Crippen LogP contribution is 2.32. The highest BCUT2D eigenvalue weighted by Gasteiger charge is 2.13. The third kappa shape index (κ3) is 24.3. The van der Waals surface area contributed by atoms with Crippen LogP contribution in [0.25, 0.3) is 0 Å². The molecule has 16 nitrogen and oxygen atoms in total. The summed E-state index contributed by atoms with van der Waals surface area (Å²) >= 11 is 2.16. The fourth-order valence-corrected chi connectivity index (χ4v) is 6.61. The number of benzene rings is 7. The number of rotatable bonds is 22. The minimum Gasteiger partial charge on any atom is -0.508 e. The van der Waals surface area contributed by atoms with Gasteiger partial charge in [0.1, 0.15) is 57.5 Å². The van der Waals surface area contributed by atoms with Gasteiger partial charge in [-0.05, 0) is 94.4 Å². The van der Waals surface area contributed by atoms with Crippen LogP contribution in [-0.4, -0.2) is 104 Å². The zero-order valence-corrected chi connectivity index (χ0v) is 44.0. The van der Waals surface area contributed by atoms with Crippen molar-refractivity contribution in [3.05, 3.63) is 190 Å². The van der Waals surface area contributed by atoms with E-state index in [1.165, 1.54) is 23.8 Å². The number of aromatic hydroxyl groups is 4. The van der Waals surface area contributed by atoms with E-state index < -0.39 is 0 Å². The van der Waals surface area contributed by atoms with Gasteiger partial charge in [-0.3, -0.25) is 0 Å². The molecule has 73 heavy (non-hydrogen) atoms. The Labute approximate surface area is 441 Å². The first-order valence-electron chi connectivity index (χ1n) is 22.3. The Kier molecular flexibility index (Phi) is 30.5. The zero-order chi connectivity index (χ0) is 52.9. The van der Waals surface area contributed by atoms with Gasteiger partial charge < -0.3 is 77.3 Å². The summed E-state index contributed by atoms with van der Waals surface area (Å²) in [5.41, 5.74) is 3.81. The van der Waals surface area contributed by atoms with Crippen LogP contribution >= 0.6 is 22.6 Å². The van der Waals surface area contributed by atoms with Crippen molar-refractivity contribution in [2.75, 3.05) is 83.4 Å². The highest BCUT2D eigenvalue weighted by molar-refractivity contribution is 14.1. The van der Waals surface area contributed by atoms with Crippen LogP contribution < -0.4 is 28.4 Å². The molecule has 7 aromatic carbocycles. The van der Waals surface area contributed by atoms with Gasteiger partial charge in [0.2, 0.25) is 0 Å². The second kappa shape index (κ2) is 36.9. The van der Waals surface area contributed by atoms with Crippen LogP contribution in [0.2, 0.25) is 0 Å². The normalized spacial score (nSPS) is 10.0. The predicted molar refractivity (Wildman–Crippen MR) is 285 cm³/mol. The lowest BCUT2D eigenvalue weighted by atomic mass is 10.0. The third-order valence-electron chi connectivity index (χ3n) is 9.24. The van der Waals surface area contributed by atoms with E-state index in [1.54, 1.807) is 73.0 Å². The molecular weight excluding hydrogens is 1060 g/mol. The van der Waals surface area contributed by atoms with E-state index in [1.807, 2.05) is 103 Å². The Bertz CT molecular complexity index is 2420. The fraction of sp³-hybridized carbons (Fsp3) is 0.250. The number of hydrogen-bond acceptors (Lipinski definition) is 16. The van der Waals surface area contributed by atoms with Gasteiger partial charge in [-0.1, -0.05) is 91.0 Å². The lowest BCUT2D eigenvalue weighted by Crippen LogP contribution is -2.06. The minimum absolute atomic E-state index is 0.0880. The van der Waals surface area contributed by atoms with E-state index in [0.29, 0.717) is 23.5 Å². The average Bonchev–Trinajstić information content (AvgIpc) is 3.41. The second-order valence-corrected chi connectivity index (χ2v) is 15.8. The maximum atomic E-state index is 9.59. The fourth-order valence-electron chi connectivity index (χ4n) is 5.94. The van der Waals surface area contributed by atoms with Crippen LogP contribution in [0.4, 0.5) is 0 Å². The third-order valence-corrected chi connectivity index (χ3v) is 10.3. The summed E-state index contributed by atoms with van der Waals surface area (Å²) in [7, 11) is 9.51. The molecule has 0 aliphatic carbocycles. The molecule has 0 heterocycles. The van der Waals surface area contributed by atoms with Gasteiger partial charge in [0.05, 0.1) is 3.57 Å². The number of hydrogen-bond donors (Lipinski definition) is 4. The first-order chi connectivity index (χ1) is 35.6. The summed E-state index contributed by atoms with van der Waals surface area (Å²) in [5.74, 6) is 4.87. The monoisotopic (exact) mass is 1120 g/mol. The summed E-state index contributed by atoms with van der Waals surface area (Å²) in [4.78, 5) is 0. The molecule has 0 atom stereocenters. The van der Waals surface area contributed by atoms with Crippen LogP contribution in [0.15, 0.2) is 164 Å². The van der Waals surface area contributed by atoms with Gasteiger partial charge in [-0.2, -0.15) is 0 Å². The number of ether oxygens (including phenoxy) is 12. The van der Waals surface area contributed by atoms with Gasteiger partial charge in [0.25, 0.3) is 0 Å².